The third-order valence-corrected chi connectivity index (χ3v) is 4.87. The molecule has 6 heteroatoms. The van der Waals surface area contributed by atoms with Gasteiger partial charge in [0.05, 0.1) is 0 Å². The first-order valence-corrected chi connectivity index (χ1v) is 9.32. The Balaban J connectivity index is 1.32. The Morgan fingerprint density at radius 3 is 2.71 bits per heavy atom. The Hall–Kier alpha value is -1.46. The van der Waals surface area contributed by atoms with E-state index in [1.165, 1.54) is 18.5 Å². The van der Waals surface area contributed by atoms with E-state index in [0.29, 0.717) is 6.04 Å². The highest BCUT2D eigenvalue weighted by Gasteiger charge is 2.22. The Bertz CT molecular complexity index is 550. The van der Waals surface area contributed by atoms with E-state index in [4.69, 9.17) is 11.6 Å². The minimum Gasteiger partial charge on any atom is -0.369 e. The second-order valence-corrected chi connectivity index (χ2v) is 7.02. The zero-order valence-corrected chi connectivity index (χ0v) is 15.2. The first-order valence-electron chi connectivity index (χ1n) is 8.94. The Kier molecular flexibility index (Phi) is 6.21. The summed E-state index contributed by atoms with van der Waals surface area (Å²) >= 11 is 6.09. The highest BCUT2D eigenvalue weighted by atomic mass is 35.5. The van der Waals surface area contributed by atoms with Crippen molar-refractivity contribution in [2.75, 3.05) is 51.2 Å². The van der Waals surface area contributed by atoms with Crippen LogP contribution in [0.3, 0.4) is 0 Å². The molecule has 0 spiro atoms. The summed E-state index contributed by atoms with van der Waals surface area (Å²) in [6, 6.07) is 8.80. The summed E-state index contributed by atoms with van der Waals surface area (Å²) in [6.45, 7) is 6.47. The van der Waals surface area contributed by atoms with Crippen molar-refractivity contribution in [3.8, 4) is 0 Å². The summed E-state index contributed by atoms with van der Waals surface area (Å²) in [7, 11) is 1.84. The van der Waals surface area contributed by atoms with Gasteiger partial charge in [-0.25, -0.2) is 0 Å². The van der Waals surface area contributed by atoms with Gasteiger partial charge in [0.1, 0.15) is 0 Å². The fourth-order valence-corrected chi connectivity index (χ4v) is 3.21. The minimum absolute atomic E-state index is 0.649. The number of aliphatic imine (C=N–C) groups is 1. The van der Waals surface area contributed by atoms with Crippen molar-refractivity contribution in [1.82, 2.24) is 15.5 Å². The zero-order chi connectivity index (χ0) is 16.8. The van der Waals surface area contributed by atoms with Gasteiger partial charge in [0.2, 0.25) is 0 Å². The predicted octanol–water partition coefficient (Wildman–Crippen LogP) is 2.18. The molecule has 132 valence electrons. The predicted molar refractivity (Wildman–Crippen MR) is 102 cm³/mol. The number of rotatable bonds is 6. The Morgan fingerprint density at radius 1 is 1.25 bits per heavy atom. The molecule has 0 atom stereocenters. The van der Waals surface area contributed by atoms with E-state index in [1.807, 2.05) is 19.2 Å². The maximum Gasteiger partial charge on any atom is 0.191 e. The molecule has 1 aromatic carbocycles. The van der Waals surface area contributed by atoms with Crippen molar-refractivity contribution in [3.63, 3.8) is 0 Å². The lowest BCUT2D eigenvalue weighted by Gasteiger charge is -2.36. The van der Waals surface area contributed by atoms with Crippen LogP contribution in [0.5, 0.6) is 0 Å². The van der Waals surface area contributed by atoms with Crippen LogP contribution in [0.25, 0.3) is 0 Å². The largest absolute Gasteiger partial charge is 0.369 e. The van der Waals surface area contributed by atoms with Gasteiger partial charge in [0.15, 0.2) is 5.96 Å². The smallest absolute Gasteiger partial charge is 0.191 e. The van der Waals surface area contributed by atoms with Gasteiger partial charge in [-0.3, -0.25) is 9.89 Å². The zero-order valence-electron chi connectivity index (χ0n) is 14.5. The average molecular weight is 350 g/mol. The number of benzene rings is 1. The molecule has 1 saturated carbocycles. The van der Waals surface area contributed by atoms with Crippen LogP contribution in [0.2, 0.25) is 5.02 Å². The quantitative estimate of drug-likeness (QED) is 0.469. The topological polar surface area (TPSA) is 42.9 Å². The van der Waals surface area contributed by atoms with E-state index in [0.717, 1.165) is 56.7 Å². The Morgan fingerprint density at radius 2 is 2.04 bits per heavy atom. The van der Waals surface area contributed by atoms with Crippen LogP contribution in [0.1, 0.15) is 19.3 Å². The molecule has 2 aliphatic rings. The first kappa shape index (κ1) is 17.4. The lowest BCUT2D eigenvalue weighted by Crippen LogP contribution is -2.47. The number of anilines is 1. The van der Waals surface area contributed by atoms with Gasteiger partial charge >= 0.3 is 0 Å². The molecule has 0 bridgehead atoms. The molecule has 1 aromatic rings. The van der Waals surface area contributed by atoms with E-state index in [1.54, 1.807) is 0 Å². The number of piperazine rings is 1. The van der Waals surface area contributed by atoms with Crippen molar-refractivity contribution in [1.29, 1.82) is 0 Å². The molecular weight excluding hydrogens is 322 g/mol. The molecule has 0 aromatic heterocycles. The van der Waals surface area contributed by atoms with Crippen molar-refractivity contribution in [2.24, 2.45) is 4.99 Å². The van der Waals surface area contributed by atoms with E-state index in [-0.39, 0.29) is 0 Å². The third kappa shape index (κ3) is 5.28. The molecule has 0 amide bonds. The molecule has 1 aliphatic carbocycles. The summed E-state index contributed by atoms with van der Waals surface area (Å²) in [5.74, 6) is 0.947. The summed E-state index contributed by atoms with van der Waals surface area (Å²) in [5, 5.41) is 7.64. The number of hydrogen-bond acceptors (Lipinski definition) is 3. The average Bonchev–Trinajstić information content (AvgIpc) is 3.42. The number of guanidine groups is 1. The fourth-order valence-electron chi connectivity index (χ4n) is 3.03. The van der Waals surface area contributed by atoms with Gasteiger partial charge in [-0.15, -0.1) is 0 Å². The van der Waals surface area contributed by atoms with Crippen LogP contribution in [0, 0.1) is 0 Å². The van der Waals surface area contributed by atoms with Crippen molar-refractivity contribution in [2.45, 2.75) is 25.3 Å². The molecule has 1 heterocycles. The van der Waals surface area contributed by atoms with Gasteiger partial charge in [-0.2, -0.15) is 0 Å². The number of hydrogen-bond donors (Lipinski definition) is 2. The summed E-state index contributed by atoms with van der Waals surface area (Å²) < 4.78 is 0. The molecule has 1 aliphatic heterocycles. The highest BCUT2D eigenvalue weighted by molar-refractivity contribution is 6.30. The summed E-state index contributed by atoms with van der Waals surface area (Å²) in [6.07, 6.45) is 3.69. The molecule has 1 saturated heterocycles. The molecule has 0 unspecified atom stereocenters. The van der Waals surface area contributed by atoms with Crippen molar-refractivity contribution >= 4 is 23.2 Å². The molecule has 2 N–H and O–H groups in total. The molecular formula is C18H28ClN5. The van der Waals surface area contributed by atoms with Gasteiger partial charge in [0.25, 0.3) is 0 Å². The number of halogens is 1. The molecule has 2 fully saturated rings. The van der Waals surface area contributed by atoms with Gasteiger partial charge in [-0.1, -0.05) is 17.7 Å². The highest BCUT2D eigenvalue weighted by Crippen LogP contribution is 2.20. The monoisotopic (exact) mass is 349 g/mol. The molecule has 24 heavy (non-hydrogen) atoms. The normalized spacial score (nSPS) is 19.4. The second kappa shape index (κ2) is 8.58. The van der Waals surface area contributed by atoms with Crippen molar-refractivity contribution < 1.29 is 0 Å². The summed E-state index contributed by atoms with van der Waals surface area (Å²) in [4.78, 5) is 9.23. The van der Waals surface area contributed by atoms with Crippen molar-refractivity contribution in [3.05, 3.63) is 29.3 Å². The third-order valence-electron chi connectivity index (χ3n) is 4.63. The van der Waals surface area contributed by atoms with Crippen LogP contribution in [0.4, 0.5) is 5.69 Å². The lowest BCUT2D eigenvalue weighted by atomic mass is 10.2. The van der Waals surface area contributed by atoms with Gasteiger partial charge in [-0.05, 0) is 44.0 Å². The first-order chi connectivity index (χ1) is 11.7. The molecule has 0 radical (unpaired) electrons. The second-order valence-electron chi connectivity index (χ2n) is 6.58. The van der Waals surface area contributed by atoms with Crippen LogP contribution >= 0.6 is 11.6 Å². The van der Waals surface area contributed by atoms with Crippen LogP contribution in [-0.2, 0) is 0 Å². The maximum atomic E-state index is 6.09. The minimum atomic E-state index is 0.649. The maximum absolute atomic E-state index is 6.09. The van der Waals surface area contributed by atoms with E-state index < -0.39 is 0 Å². The van der Waals surface area contributed by atoms with E-state index >= 15 is 0 Å². The SMILES string of the molecule is CN=C(NCCCN1CCN(c2cccc(Cl)c2)CC1)NC1CC1. The van der Waals surface area contributed by atoms with Crippen LogP contribution in [0.15, 0.2) is 29.3 Å². The van der Waals surface area contributed by atoms with Crippen LogP contribution < -0.4 is 15.5 Å². The standard InChI is InChI=1S/C18H28ClN5/c1-20-18(22-16-6-7-16)21-8-3-9-23-10-12-24(13-11-23)17-5-2-4-15(19)14-17/h2,4-5,14,16H,3,6-13H2,1H3,(H2,20,21,22). The molecule has 5 nitrogen and oxygen atoms in total. The number of nitrogens with one attached hydrogen (secondary N) is 2. The van der Waals surface area contributed by atoms with Crippen LogP contribution in [-0.4, -0.2) is 63.2 Å². The summed E-state index contributed by atoms with van der Waals surface area (Å²) in [5.41, 5.74) is 1.23. The fraction of sp³-hybridized carbons (Fsp3) is 0.611. The Labute approximate surface area is 150 Å². The van der Waals surface area contributed by atoms with Gasteiger partial charge < -0.3 is 15.5 Å². The lowest BCUT2D eigenvalue weighted by molar-refractivity contribution is 0.255. The van der Waals surface area contributed by atoms with E-state index in [2.05, 4.69) is 37.6 Å². The number of nitrogens with zero attached hydrogens (tertiary/aromatic N) is 3. The molecule has 3 rings (SSSR count). The van der Waals surface area contributed by atoms with Gasteiger partial charge in [0, 0.05) is 56.5 Å². The van der Waals surface area contributed by atoms with E-state index in [9.17, 15) is 0 Å².